The predicted octanol–water partition coefficient (Wildman–Crippen LogP) is 4.83. The van der Waals surface area contributed by atoms with Gasteiger partial charge in [-0.3, -0.25) is 14.4 Å². The first-order valence-corrected chi connectivity index (χ1v) is 20.2. The number of methoxy groups -OCH3 is 2. The van der Waals surface area contributed by atoms with Crippen LogP contribution in [0.25, 0.3) is 11.1 Å². The fraction of sp³-hybridized carbons (Fsp3) is 0.533. The number of hydrogen-bond acceptors (Lipinski definition) is 10. The summed E-state index contributed by atoms with van der Waals surface area (Å²) in [5, 5.41) is 22.3. The lowest BCUT2D eigenvalue weighted by atomic mass is 9.45. The van der Waals surface area contributed by atoms with Crippen LogP contribution in [-0.2, 0) is 32.1 Å². The summed E-state index contributed by atoms with van der Waals surface area (Å²) in [5.41, 5.74) is 4.54. The van der Waals surface area contributed by atoms with Gasteiger partial charge in [0.25, 0.3) is 5.91 Å². The topological polar surface area (TPSA) is 142 Å². The van der Waals surface area contributed by atoms with Crippen LogP contribution >= 0.6 is 0 Å². The molecular weight excluding hydrogens is 723 g/mol. The number of benzene rings is 3. The number of nitrogens with one attached hydrogen (secondary N) is 3. The number of fused-ring (bicyclic) bond motifs is 2. The fourth-order valence-corrected chi connectivity index (χ4v) is 9.63. The zero-order valence-corrected chi connectivity index (χ0v) is 34.9. The summed E-state index contributed by atoms with van der Waals surface area (Å²) in [4.78, 5) is 49.6. The molecule has 308 valence electrons. The minimum atomic E-state index is -0.893. The van der Waals surface area contributed by atoms with Gasteiger partial charge in [-0.15, -0.1) is 0 Å². The molecule has 4 aliphatic rings. The van der Waals surface area contributed by atoms with E-state index in [4.69, 9.17) is 14.3 Å². The van der Waals surface area contributed by atoms with Crippen LogP contribution in [0.4, 0.5) is 5.69 Å². The van der Waals surface area contributed by atoms with Gasteiger partial charge < -0.3 is 35.4 Å². The van der Waals surface area contributed by atoms with E-state index in [1.165, 1.54) is 13.5 Å². The van der Waals surface area contributed by atoms with Crippen LogP contribution in [0.5, 0.6) is 5.75 Å². The van der Waals surface area contributed by atoms with Crippen molar-refractivity contribution in [1.82, 2.24) is 21.0 Å². The highest BCUT2D eigenvalue weighted by Gasteiger charge is 2.57. The van der Waals surface area contributed by atoms with Crippen LogP contribution in [-0.4, -0.2) is 100 Å². The van der Waals surface area contributed by atoms with Gasteiger partial charge in [0.05, 0.1) is 33.0 Å². The van der Waals surface area contributed by atoms with Crippen molar-refractivity contribution in [3.8, 4) is 16.9 Å². The molecule has 7 rings (SSSR count). The number of hydrogen-bond donors (Lipinski definition) is 4. The smallest absolute Gasteiger partial charge is 0.328 e. The molecule has 3 aromatic carbocycles. The third-order valence-corrected chi connectivity index (χ3v) is 13.0. The van der Waals surface area contributed by atoms with E-state index in [9.17, 15) is 19.5 Å². The van der Waals surface area contributed by atoms with Gasteiger partial charge in [0.2, 0.25) is 5.91 Å². The molecule has 3 aliphatic carbocycles. The van der Waals surface area contributed by atoms with Crippen molar-refractivity contribution in [3.05, 3.63) is 83.4 Å². The lowest BCUT2D eigenvalue weighted by molar-refractivity contribution is -0.176. The summed E-state index contributed by atoms with van der Waals surface area (Å²) in [5.74, 6) is 0.474. The molecule has 1 aliphatic heterocycles. The molecule has 12 heteroatoms. The highest BCUT2D eigenvalue weighted by molar-refractivity contribution is 5.99. The van der Waals surface area contributed by atoms with E-state index in [1.54, 1.807) is 31.2 Å². The molecule has 3 saturated carbocycles. The van der Waals surface area contributed by atoms with Crippen molar-refractivity contribution in [2.45, 2.75) is 83.8 Å². The van der Waals surface area contributed by atoms with E-state index in [1.807, 2.05) is 80.6 Å². The molecule has 2 bridgehead atoms. The normalized spacial score (nSPS) is 26.1. The maximum atomic E-state index is 14.4. The zero-order valence-electron chi connectivity index (χ0n) is 34.9. The summed E-state index contributed by atoms with van der Waals surface area (Å²) in [6.07, 6.45) is 1.18. The van der Waals surface area contributed by atoms with Crippen LogP contribution < -0.4 is 25.6 Å². The summed E-state index contributed by atoms with van der Waals surface area (Å²) in [7, 11) is 8.54. The van der Waals surface area contributed by atoms with Gasteiger partial charge in [-0.1, -0.05) is 69.3 Å². The third-order valence-electron chi connectivity index (χ3n) is 13.0. The Balaban J connectivity index is 1.30. The number of nitrogens with zero attached hydrogens (tertiary/aromatic N) is 2. The molecule has 3 aromatic rings. The van der Waals surface area contributed by atoms with E-state index in [-0.39, 0.29) is 30.3 Å². The molecule has 1 heterocycles. The molecule has 2 amide bonds. The van der Waals surface area contributed by atoms with Crippen molar-refractivity contribution in [3.63, 3.8) is 0 Å². The van der Waals surface area contributed by atoms with Crippen molar-refractivity contribution in [1.29, 1.82) is 0 Å². The summed E-state index contributed by atoms with van der Waals surface area (Å²) < 4.78 is 11.2. The number of carbonyl (C=O) groups excluding carboxylic acids is 3. The molecule has 0 unspecified atom stereocenters. The second-order valence-electron chi connectivity index (χ2n) is 17.0. The Bertz CT molecular complexity index is 1900. The molecule has 1 saturated heterocycles. The fourth-order valence-electron chi connectivity index (χ4n) is 9.63. The number of anilines is 1. The Morgan fingerprint density at radius 3 is 2.39 bits per heavy atom. The Morgan fingerprint density at radius 1 is 1.04 bits per heavy atom. The Hall–Kier alpha value is -4.49. The second kappa shape index (κ2) is 17.6. The van der Waals surface area contributed by atoms with Crippen molar-refractivity contribution in [2.24, 2.45) is 29.1 Å². The van der Waals surface area contributed by atoms with Gasteiger partial charge >= 0.3 is 5.97 Å². The maximum Gasteiger partial charge on any atom is 0.328 e. The first-order valence-electron chi connectivity index (χ1n) is 20.2. The lowest BCUT2D eigenvalue weighted by Crippen LogP contribution is -2.62. The number of amides is 2. The number of esters is 1. The van der Waals surface area contributed by atoms with Gasteiger partial charge in [0.15, 0.2) is 0 Å². The van der Waals surface area contributed by atoms with Crippen LogP contribution in [0.1, 0.15) is 62.0 Å². The number of hydroxylamine groups is 2. The monoisotopic (exact) mass is 783 g/mol. The highest BCUT2D eigenvalue weighted by atomic mass is 16.7. The number of aliphatic hydroxyl groups is 1. The average molecular weight is 784 g/mol. The Labute approximate surface area is 337 Å². The zero-order chi connectivity index (χ0) is 41.2. The minimum Gasteiger partial charge on any atom is -0.496 e. The first kappa shape index (κ1) is 42.1. The van der Waals surface area contributed by atoms with E-state index >= 15 is 0 Å². The van der Waals surface area contributed by atoms with Crippen molar-refractivity contribution >= 4 is 23.5 Å². The Morgan fingerprint density at radius 2 is 1.77 bits per heavy atom. The molecule has 4 fully saturated rings. The standard InChI is InChI=1S/C45H61N5O7/c1-26-35-22-32(45(35,3)4)23-36(26)47-43(53)40-39(27(2)51)38(24-46-5)57-50(40)25-29-16-13-17-34(41(29)55-8)30-19-31(21-33(20-30)49(6)7)42(52)48-37(44(54)56-9)18-28-14-11-10-12-15-28/h10-17,19-21,26-27,32,35-40,46,51H,18,22-25H2,1-9H3,(H,47,53)(H,48,52)/t26-,27-,32+,35-,36-,37-,38-,39+,40-/m0/s1. The molecule has 9 atom stereocenters. The molecule has 12 nitrogen and oxygen atoms in total. The highest BCUT2D eigenvalue weighted by Crippen LogP contribution is 2.61. The number of likely N-dealkylation sites (N-methyl/N-ethyl adjacent to an activating group) is 1. The van der Waals surface area contributed by atoms with Gasteiger partial charge in [-0.05, 0) is 79.3 Å². The quantitative estimate of drug-likeness (QED) is 0.159. The van der Waals surface area contributed by atoms with Crippen LogP contribution in [0.3, 0.4) is 0 Å². The molecule has 0 spiro atoms. The van der Waals surface area contributed by atoms with Crippen molar-refractivity contribution < 1.29 is 33.8 Å². The summed E-state index contributed by atoms with van der Waals surface area (Å²) in [6, 6.07) is 19.2. The van der Waals surface area contributed by atoms with Gasteiger partial charge in [-0.25, -0.2) is 4.79 Å². The third kappa shape index (κ3) is 8.69. The number of aliphatic hydroxyl groups excluding tert-OH is 1. The lowest BCUT2D eigenvalue weighted by Gasteiger charge is -2.62. The van der Waals surface area contributed by atoms with Crippen LogP contribution in [0.15, 0.2) is 66.7 Å². The Kier molecular flexibility index (Phi) is 13.0. The maximum absolute atomic E-state index is 14.4. The molecule has 0 radical (unpaired) electrons. The second-order valence-corrected chi connectivity index (χ2v) is 17.0. The van der Waals surface area contributed by atoms with E-state index in [0.717, 1.165) is 34.4 Å². The SMILES string of the molecule is CNC[C@@H]1ON(Cc2cccc(-c3cc(C(=O)N[C@@H](Cc4ccccc4)C(=O)OC)cc(N(C)C)c3)c2OC)[C@H](C(=O)N[C@H]2C[C@H]3C[C@@H]([C@@H]2C)C3(C)C)[C@@H]1[C@H](C)O. The number of carbonyl (C=O) groups is 3. The molecule has 0 aromatic heterocycles. The summed E-state index contributed by atoms with van der Waals surface area (Å²) >= 11 is 0. The van der Waals surface area contributed by atoms with Gasteiger partial charge in [0.1, 0.15) is 17.8 Å². The van der Waals surface area contributed by atoms with Crippen molar-refractivity contribution in [2.75, 3.05) is 46.8 Å². The predicted molar refractivity (Wildman–Crippen MR) is 221 cm³/mol. The van der Waals surface area contributed by atoms with E-state index < -0.39 is 42.1 Å². The molecular formula is C45H61N5O7. The number of para-hydroxylation sites is 1. The average Bonchev–Trinajstić information content (AvgIpc) is 3.55. The largest absolute Gasteiger partial charge is 0.496 e. The van der Waals surface area contributed by atoms with E-state index in [0.29, 0.717) is 35.6 Å². The number of rotatable bonds is 15. The summed E-state index contributed by atoms with van der Waals surface area (Å²) in [6.45, 7) is 9.34. The first-order chi connectivity index (χ1) is 27.2. The van der Waals surface area contributed by atoms with E-state index in [2.05, 4.69) is 36.7 Å². The van der Waals surface area contributed by atoms with Crippen LogP contribution in [0, 0.1) is 29.1 Å². The minimum absolute atomic E-state index is 0.0589. The van der Waals surface area contributed by atoms with Gasteiger partial charge in [-0.2, -0.15) is 5.06 Å². The molecule has 57 heavy (non-hydrogen) atoms. The number of ether oxygens (including phenoxy) is 2. The van der Waals surface area contributed by atoms with Gasteiger partial charge in [0, 0.05) is 61.4 Å². The molecule has 4 N–H and O–H groups in total. The van der Waals surface area contributed by atoms with Crippen LogP contribution in [0.2, 0.25) is 0 Å².